The van der Waals surface area contributed by atoms with Crippen LogP contribution in [0.15, 0.2) is 59.0 Å². The average molecular weight is 443 g/mol. The normalized spacial score (nSPS) is 15.2. The summed E-state index contributed by atoms with van der Waals surface area (Å²) in [6.07, 6.45) is 1.62. The number of halogens is 1. The average Bonchev–Trinajstić information content (AvgIpc) is 3.13. The molecule has 0 bridgehead atoms. The molecule has 1 saturated heterocycles. The first-order valence-electron chi connectivity index (χ1n) is 9.96. The van der Waals surface area contributed by atoms with E-state index in [9.17, 15) is 4.79 Å². The minimum Gasteiger partial charge on any atom is -0.409 e. The van der Waals surface area contributed by atoms with Gasteiger partial charge in [0.25, 0.3) is 4.84 Å². The summed E-state index contributed by atoms with van der Waals surface area (Å²) in [5.74, 6) is 0.620. The Balaban J connectivity index is 1.30. The largest absolute Gasteiger partial charge is 0.409 e. The molecule has 0 radical (unpaired) electrons. The van der Waals surface area contributed by atoms with Crippen molar-refractivity contribution in [2.45, 2.75) is 26.1 Å². The number of nitrogens with zero attached hydrogens (tertiary/aromatic N) is 3. The van der Waals surface area contributed by atoms with E-state index in [-0.39, 0.29) is 11.8 Å². The molecule has 3 aromatic rings. The van der Waals surface area contributed by atoms with Gasteiger partial charge in [-0.3, -0.25) is 9.69 Å². The van der Waals surface area contributed by atoms with Gasteiger partial charge in [-0.05, 0) is 48.8 Å². The van der Waals surface area contributed by atoms with Crippen molar-refractivity contribution in [3.63, 3.8) is 0 Å². The molecule has 0 atom stereocenters. The fraction of sp³-hybridized carbons (Fsp3) is 0.318. The number of aromatic nitrogens is 2. The van der Waals surface area contributed by atoms with Gasteiger partial charge in [0.2, 0.25) is 11.8 Å². The van der Waals surface area contributed by atoms with Gasteiger partial charge < -0.3 is 9.73 Å². The lowest BCUT2D eigenvalue weighted by Gasteiger charge is -2.30. The minimum atomic E-state index is 0.0391. The summed E-state index contributed by atoms with van der Waals surface area (Å²) in [5, 5.41) is 8.17. The smallest absolute Gasteiger partial charge is 0.288 e. The van der Waals surface area contributed by atoms with Crippen molar-refractivity contribution in [2.24, 2.45) is 5.92 Å². The fourth-order valence-corrected chi connectivity index (χ4v) is 3.96. The maximum absolute atomic E-state index is 12.5. The lowest BCUT2D eigenvalue weighted by Crippen LogP contribution is -2.41. The van der Waals surface area contributed by atoms with Crippen molar-refractivity contribution in [3.05, 3.63) is 70.0 Å². The maximum atomic E-state index is 12.5. The van der Waals surface area contributed by atoms with Crippen LogP contribution in [0.1, 0.15) is 18.4 Å². The van der Waals surface area contributed by atoms with Crippen LogP contribution in [0.25, 0.3) is 11.5 Å². The van der Waals surface area contributed by atoms with Gasteiger partial charge in [0.05, 0.1) is 6.67 Å². The molecule has 1 N–H and O–H groups in total. The van der Waals surface area contributed by atoms with E-state index in [1.807, 2.05) is 42.5 Å². The molecule has 30 heavy (non-hydrogen) atoms. The maximum Gasteiger partial charge on any atom is 0.288 e. The monoisotopic (exact) mass is 442 g/mol. The molecular formula is C22H23ClN4O2S. The molecule has 6 nitrogen and oxygen atoms in total. The molecule has 2 aromatic carbocycles. The lowest BCUT2D eigenvalue weighted by molar-refractivity contribution is -0.126. The Morgan fingerprint density at radius 2 is 1.93 bits per heavy atom. The third-order valence-corrected chi connectivity index (χ3v) is 5.81. The van der Waals surface area contributed by atoms with Crippen molar-refractivity contribution >= 4 is 29.7 Å². The third-order valence-electron chi connectivity index (χ3n) is 5.28. The van der Waals surface area contributed by atoms with Gasteiger partial charge in [0, 0.05) is 36.1 Å². The lowest BCUT2D eigenvalue weighted by atomic mass is 9.96. The minimum absolute atomic E-state index is 0.0391. The van der Waals surface area contributed by atoms with Gasteiger partial charge in [-0.25, -0.2) is 4.68 Å². The Morgan fingerprint density at radius 3 is 2.67 bits per heavy atom. The molecular weight excluding hydrogens is 420 g/mol. The van der Waals surface area contributed by atoms with Crippen molar-refractivity contribution < 1.29 is 9.21 Å². The Hall–Kier alpha value is -2.48. The van der Waals surface area contributed by atoms with Crippen LogP contribution < -0.4 is 5.32 Å². The second-order valence-corrected chi connectivity index (χ2v) is 8.21. The molecule has 2 heterocycles. The molecule has 1 aliphatic heterocycles. The van der Waals surface area contributed by atoms with E-state index in [2.05, 4.69) is 15.3 Å². The first-order valence-corrected chi connectivity index (χ1v) is 10.7. The van der Waals surface area contributed by atoms with Gasteiger partial charge in [-0.2, -0.15) is 0 Å². The van der Waals surface area contributed by atoms with Crippen LogP contribution in [0.5, 0.6) is 0 Å². The number of hydrogen-bond donors (Lipinski definition) is 1. The van der Waals surface area contributed by atoms with Crippen molar-refractivity contribution in [2.75, 3.05) is 13.1 Å². The molecule has 1 fully saturated rings. The first-order chi connectivity index (χ1) is 14.6. The molecule has 0 aliphatic carbocycles. The number of hydrogen-bond acceptors (Lipinski definition) is 5. The Kier molecular flexibility index (Phi) is 6.62. The topological polar surface area (TPSA) is 63.3 Å². The zero-order chi connectivity index (χ0) is 20.9. The second-order valence-electron chi connectivity index (χ2n) is 7.42. The molecule has 4 rings (SSSR count). The Bertz CT molecular complexity index is 1060. The van der Waals surface area contributed by atoms with Gasteiger partial charge in [0.15, 0.2) is 0 Å². The summed E-state index contributed by atoms with van der Waals surface area (Å²) in [7, 11) is 0. The number of rotatable bonds is 6. The van der Waals surface area contributed by atoms with Gasteiger partial charge in [-0.1, -0.05) is 48.0 Å². The number of nitrogens with one attached hydrogen (secondary N) is 1. The summed E-state index contributed by atoms with van der Waals surface area (Å²) >= 11 is 11.4. The Labute approximate surface area is 185 Å². The fourth-order valence-electron chi connectivity index (χ4n) is 3.59. The number of benzene rings is 2. The predicted octanol–water partition coefficient (Wildman–Crippen LogP) is 4.51. The standard InChI is InChI=1S/C22H23ClN4O2S/c23-19-8-4-7-18(13-19)21-25-27(22(30)29-21)15-26-11-9-17(10-12-26)20(28)24-14-16-5-2-1-3-6-16/h1-8,13,17H,9-12,14-15H2,(H,24,28). The quantitative estimate of drug-likeness (QED) is 0.569. The van der Waals surface area contributed by atoms with Gasteiger partial charge in [0.1, 0.15) is 0 Å². The second kappa shape index (κ2) is 9.55. The number of likely N-dealkylation sites (tertiary alicyclic amines) is 1. The summed E-state index contributed by atoms with van der Waals surface area (Å²) in [4.78, 5) is 15.1. The third kappa shape index (κ3) is 5.16. The van der Waals surface area contributed by atoms with Crippen molar-refractivity contribution in [1.29, 1.82) is 0 Å². The summed E-state index contributed by atoms with van der Waals surface area (Å²) in [6, 6.07) is 17.3. The zero-order valence-corrected chi connectivity index (χ0v) is 18.0. The molecule has 1 aliphatic rings. The number of piperidine rings is 1. The molecule has 156 valence electrons. The number of carbonyl (C=O) groups excluding carboxylic acids is 1. The van der Waals surface area contributed by atoms with E-state index >= 15 is 0 Å². The van der Waals surface area contributed by atoms with E-state index in [0.29, 0.717) is 29.0 Å². The number of carbonyl (C=O) groups is 1. The number of amides is 1. The van der Waals surface area contributed by atoms with Crippen LogP contribution in [-0.4, -0.2) is 33.7 Å². The predicted molar refractivity (Wildman–Crippen MR) is 118 cm³/mol. The van der Waals surface area contributed by atoms with Crippen molar-refractivity contribution in [3.8, 4) is 11.5 Å². The Morgan fingerprint density at radius 1 is 1.17 bits per heavy atom. The van der Waals surface area contributed by atoms with E-state index in [0.717, 1.165) is 37.1 Å². The van der Waals surface area contributed by atoms with Crippen molar-refractivity contribution in [1.82, 2.24) is 20.0 Å². The molecule has 1 aromatic heterocycles. The van der Waals surface area contributed by atoms with Crippen LogP contribution in [-0.2, 0) is 18.0 Å². The van der Waals surface area contributed by atoms with Gasteiger partial charge >= 0.3 is 0 Å². The van der Waals surface area contributed by atoms with E-state index < -0.39 is 0 Å². The molecule has 0 spiro atoms. The molecule has 0 saturated carbocycles. The molecule has 0 unspecified atom stereocenters. The highest BCUT2D eigenvalue weighted by atomic mass is 35.5. The molecule has 8 heteroatoms. The summed E-state index contributed by atoms with van der Waals surface area (Å²) in [6.45, 7) is 2.73. The van der Waals surface area contributed by atoms with Gasteiger partial charge in [-0.15, -0.1) is 5.10 Å². The highest BCUT2D eigenvalue weighted by Crippen LogP contribution is 2.22. The van der Waals surface area contributed by atoms with Crippen LogP contribution in [0.4, 0.5) is 0 Å². The van der Waals surface area contributed by atoms with Crippen LogP contribution in [0, 0.1) is 10.8 Å². The van der Waals surface area contributed by atoms with E-state index in [4.69, 9.17) is 28.2 Å². The van der Waals surface area contributed by atoms with Crippen LogP contribution in [0.3, 0.4) is 0 Å². The SMILES string of the molecule is O=C(NCc1ccccc1)C1CCN(Cn2nc(-c3cccc(Cl)c3)oc2=S)CC1. The summed E-state index contributed by atoms with van der Waals surface area (Å²) < 4.78 is 7.33. The van der Waals surface area contributed by atoms with Crippen LogP contribution >= 0.6 is 23.8 Å². The highest BCUT2D eigenvalue weighted by molar-refractivity contribution is 7.71. The van der Waals surface area contributed by atoms with Crippen LogP contribution in [0.2, 0.25) is 5.02 Å². The van der Waals surface area contributed by atoms with E-state index in [1.165, 1.54) is 0 Å². The zero-order valence-electron chi connectivity index (χ0n) is 16.5. The van der Waals surface area contributed by atoms with E-state index in [1.54, 1.807) is 16.8 Å². The summed E-state index contributed by atoms with van der Waals surface area (Å²) in [5.41, 5.74) is 1.90. The molecule has 1 amide bonds. The first kappa shape index (κ1) is 20.8. The highest BCUT2D eigenvalue weighted by Gasteiger charge is 2.25.